The van der Waals surface area contributed by atoms with Gasteiger partial charge in [-0.25, -0.2) is 0 Å². The van der Waals surface area contributed by atoms with E-state index in [0.29, 0.717) is 12.1 Å². The largest absolute Gasteiger partial charge is 0.465 e. The highest BCUT2D eigenvalue weighted by Gasteiger charge is 2.28. The van der Waals surface area contributed by atoms with Crippen molar-refractivity contribution >= 4 is 39.7 Å². The third-order valence-electron chi connectivity index (χ3n) is 5.34. The van der Waals surface area contributed by atoms with Crippen molar-refractivity contribution < 1.29 is 4.42 Å². The van der Waals surface area contributed by atoms with Crippen molar-refractivity contribution in [3.63, 3.8) is 0 Å². The van der Waals surface area contributed by atoms with Gasteiger partial charge in [-0.15, -0.1) is 23.5 Å². The lowest BCUT2D eigenvalue weighted by atomic mass is 10.1. The molecule has 2 aliphatic rings. The third-order valence-corrected chi connectivity index (χ3v) is 7.64. The summed E-state index contributed by atoms with van der Waals surface area (Å²) in [6.07, 6.45) is 5.77. The molecule has 1 aromatic heterocycles. The quantitative estimate of drug-likeness (QED) is 0.437. The average molecular weight is 445 g/mol. The minimum absolute atomic E-state index is 0.300. The van der Waals surface area contributed by atoms with Crippen LogP contribution in [0.5, 0.6) is 0 Å². The number of nitrogens with zero attached hydrogens (tertiary/aromatic N) is 2. The van der Waals surface area contributed by atoms with Gasteiger partial charge in [0.05, 0.1) is 18.3 Å². The summed E-state index contributed by atoms with van der Waals surface area (Å²) in [6, 6.07) is 25.8. The van der Waals surface area contributed by atoms with Gasteiger partial charge in [-0.1, -0.05) is 60.7 Å². The van der Waals surface area contributed by atoms with Crippen LogP contribution in [0.1, 0.15) is 16.9 Å². The molecule has 0 saturated heterocycles. The Kier molecular flexibility index (Phi) is 6.42. The molecule has 2 aromatic carbocycles. The van der Waals surface area contributed by atoms with Crippen LogP contribution in [0.25, 0.3) is 6.08 Å². The van der Waals surface area contributed by atoms with Crippen molar-refractivity contribution in [1.29, 1.82) is 0 Å². The molecule has 0 N–H and O–H groups in total. The number of hydrogen-bond donors (Lipinski definition) is 0. The molecule has 5 heteroatoms. The van der Waals surface area contributed by atoms with Gasteiger partial charge in [-0.05, 0) is 42.2 Å². The Morgan fingerprint density at radius 2 is 1.32 bits per heavy atom. The fourth-order valence-corrected chi connectivity index (χ4v) is 6.06. The Hall–Kier alpha value is -2.50. The van der Waals surface area contributed by atoms with Gasteiger partial charge in [0.25, 0.3) is 0 Å². The number of benzene rings is 2. The van der Waals surface area contributed by atoms with Crippen LogP contribution in [0.4, 0.5) is 0 Å². The standard InChI is InChI=1S/C26H24N2OS2/c1-3-8-19(9-4-1)14-21-17-30-25(27-21)24(16-23-12-7-13-29-23)26-28-22(18-31-26)15-20-10-5-2-6-11-20/h1-13,16,21-22H,14-15,17-18H2/t21-,22-/m0/s1. The lowest BCUT2D eigenvalue weighted by Gasteiger charge is -2.06. The van der Waals surface area contributed by atoms with E-state index < -0.39 is 0 Å². The van der Waals surface area contributed by atoms with Crippen LogP contribution in [0, 0.1) is 0 Å². The minimum atomic E-state index is 0.300. The molecule has 3 aromatic rings. The molecule has 2 aliphatic heterocycles. The van der Waals surface area contributed by atoms with Gasteiger partial charge in [0.1, 0.15) is 15.8 Å². The van der Waals surface area contributed by atoms with E-state index in [0.717, 1.165) is 45.8 Å². The smallest absolute Gasteiger partial charge is 0.127 e. The lowest BCUT2D eigenvalue weighted by molar-refractivity contribution is 0.557. The molecule has 0 fully saturated rings. The first-order valence-electron chi connectivity index (χ1n) is 10.6. The van der Waals surface area contributed by atoms with Crippen LogP contribution in [-0.4, -0.2) is 33.7 Å². The first-order valence-corrected chi connectivity index (χ1v) is 12.6. The van der Waals surface area contributed by atoms with Crippen molar-refractivity contribution in [2.24, 2.45) is 9.98 Å². The van der Waals surface area contributed by atoms with Gasteiger partial charge in [0, 0.05) is 17.1 Å². The minimum Gasteiger partial charge on any atom is -0.465 e. The van der Waals surface area contributed by atoms with Gasteiger partial charge < -0.3 is 4.42 Å². The first-order chi connectivity index (χ1) is 15.3. The van der Waals surface area contributed by atoms with Crippen LogP contribution < -0.4 is 0 Å². The second-order valence-electron chi connectivity index (χ2n) is 7.75. The summed E-state index contributed by atoms with van der Waals surface area (Å²) < 4.78 is 5.62. The zero-order valence-corrected chi connectivity index (χ0v) is 18.8. The molecule has 3 heterocycles. The molecule has 0 radical (unpaired) electrons. The second kappa shape index (κ2) is 9.75. The Morgan fingerprint density at radius 3 is 1.81 bits per heavy atom. The van der Waals surface area contributed by atoms with E-state index in [1.807, 2.05) is 35.7 Å². The van der Waals surface area contributed by atoms with Gasteiger partial charge >= 0.3 is 0 Å². The molecular weight excluding hydrogens is 420 g/mol. The molecule has 156 valence electrons. The number of thioether (sulfide) groups is 2. The number of aliphatic imine (C=N–C) groups is 2. The van der Waals surface area contributed by atoms with Gasteiger partial charge in [-0.2, -0.15) is 0 Å². The maximum absolute atomic E-state index is 5.62. The Labute approximate surface area is 191 Å². The summed E-state index contributed by atoms with van der Waals surface area (Å²) in [6.45, 7) is 0. The maximum Gasteiger partial charge on any atom is 0.127 e. The van der Waals surface area contributed by atoms with E-state index in [9.17, 15) is 0 Å². The molecule has 0 bridgehead atoms. The van der Waals surface area contributed by atoms with Gasteiger partial charge in [-0.3, -0.25) is 9.98 Å². The summed E-state index contributed by atoms with van der Waals surface area (Å²) >= 11 is 3.68. The number of hydrogen-bond acceptors (Lipinski definition) is 5. The molecule has 0 unspecified atom stereocenters. The molecule has 0 saturated carbocycles. The van der Waals surface area contributed by atoms with Crippen molar-refractivity contribution in [1.82, 2.24) is 0 Å². The van der Waals surface area contributed by atoms with Crippen molar-refractivity contribution in [3.05, 3.63) is 102 Å². The Bertz CT molecular complexity index is 1020. The van der Waals surface area contributed by atoms with Gasteiger partial charge in [0.2, 0.25) is 0 Å². The molecule has 31 heavy (non-hydrogen) atoms. The normalized spacial score (nSPS) is 20.4. The molecule has 5 rings (SSSR count). The third kappa shape index (κ3) is 5.23. The van der Waals surface area contributed by atoms with Crippen molar-refractivity contribution in [2.45, 2.75) is 24.9 Å². The van der Waals surface area contributed by atoms with Crippen LogP contribution in [0.3, 0.4) is 0 Å². The van der Waals surface area contributed by atoms with Crippen LogP contribution in [-0.2, 0) is 12.8 Å². The Balaban J connectivity index is 1.38. The zero-order valence-electron chi connectivity index (χ0n) is 17.2. The number of rotatable bonds is 7. The average Bonchev–Trinajstić information content (AvgIpc) is 3.56. The fourth-order valence-electron chi connectivity index (χ4n) is 3.84. The second-order valence-corrected chi connectivity index (χ2v) is 9.77. The molecule has 2 atom stereocenters. The topological polar surface area (TPSA) is 37.9 Å². The summed E-state index contributed by atoms with van der Waals surface area (Å²) in [5, 5.41) is 2.17. The summed E-state index contributed by atoms with van der Waals surface area (Å²) in [7, 11) is 0. The van der Waals surface area contributed by atoms with Crippen molar-refractivity contribution in [3.8, 4) is 0 Å². The molecule has 0 aliphatic carbocycles. The van der Waals surface area contributed by atoms with E-state index in [1.165, 1.54) is 11.1 Å². The van der Waals surface area contributed by atoms with Crippen LogP contribution >= 0.6 is 23.5 Å². The molecule has 3 nitrogen and oxygen atoms in total. The highest BCUT2D eigenvalue weighted by atomic mass is 32.2. The Morgan fingerprint density at radius 1 is 0.774 bits per heavy atom. The highest BCUT2D eigenvalue weighted by Crippen LogP contribution is 2.33. The summed E-state index contributed by atoms with van der Waals surface area (Å²) in [5.74, 6) is 2.86. The van der Waals surface area contributed by atoms with E-state index in [2.05, 4.69) is 66.7 Å². The van der Waals surface area contributed by atoms with Crippen molar-refractivity contribution in [2.75, 3.05) is 11.5 Å². The van der Waals surface area contributed by atoms with Gasteiger partial charge in [0.15, 0.2) is 0 Å². The highest BCUT2D eigenvalue weighted by molar-refractivity contribution is 8.17. The SMILES string of the molecule is C(=C(C1=N[C@@H](Cc2ccccc2)CS1)C1=N[C@@H](Cc2ccccc2)CS1)c1ccco1. The molecular formula is C26H24N2OS2. The fraction of sp³-hybridized carbons (Fsp3) is 0.231. The van der Waals surface area contributed by atoms with E-state index >= 15 is 0 Å². The zero-order chi connectivity index (χ0) is 20.9. The van der Waals surface area contributed by atoms with E-state index in [-0.39, 0.29) is 0 Å². The number of furan rings is 1. The van der Waals surface area contributed by atoms with Crippen LogP contribution in [0.2, 0.25) is 0 Å². The monoisotopic (exact) mass is 444 g/mol. The summed E-state index contributed by atoms with van der Waals surface area (Å²) in [5.41, 5.74) is 3.78. The maximum atomic E-state index is 5.62. The van der Waals surface area contributed by atoms with Crippen LogP contribution in [0.15, 0.2) is 99.0 Å². The lowest BCUT2D eigenvalue weighted by Crippen LogP contribution is -2.08. The first kappa shape index (κ1) is 20.4. The van der Waals surface area contributed by atoms with E-state index in [1.54, 1.807) is 6.26 Å². The van der Waals surface area contributed by atoms with E-state index in [4.69, 9.17) is 14.4 Å². The summed E-state index contributed by atoms with van der Waals surface area (Å²) in [4.78, 5) is 10.2. The molecule has 0 spiro atoms. The predicted molar refractivity (Wildman–Crippen MR) is 134 cm³/mol. The predicted octanol–water partition coefficient (Wildman–Crippen LogP) is 6.18. The molecule has 0 amide bonds.